The van der Waals surface area contributed by atoms with Gasteiger partial charge in [-0.25, -0.2) is 4.98 Å². The molecule has 0 aromatic carbocycles. The second-order valence-electron chi connectivity index (χ2n) is 9.08. The quantitative estimate of drug-likeness (QED) is 0.502. The van der Waals surface area contributed by atoms with Gasteiger partial charge < -0.3 is 9.30 Å². The number of hydrogen-bond donors (Lipinski definition) is 0. The Morgan fingerprint density at radius 1 is 1.06 bits per heavy atom. The number of anilines is 1. The van der Waals surface area contributed by atoms with E-state index in [1.165, 1.54) is 19.4 Å². The standard InChI is InChI=1S/C25H28N6O/c1-3-21-23-11-18(14-30(23)13-17(2)26-21)22-12-25(32)31-16-20(6-7-24(31)27-22)29-10-9-28-8-4-5-19(28)15-29/h6-7,11-14,16,19H,3-5,8-10,15H2,1-2H3. The Hall–Kier alpha value is -3.19. The van der Waals surface area contributed by atoms with Crippen molar-refractivity contribution >= 4 is 16.9 Å². The zero-order valence-electron chi connectivity index (χ0n) is 18.7. The van der Waals surface area contributed by atoms with Gasteiger partial charge in [-0.3, -0.25) is 19.1 Å². The number of hydrogen-bond acceptors (Lipinski definition) is 5. The fourth-order valence-corrected chi connectivity index (χ4v) is 5.37. The molecule has 4 aromatic heterocycles. The molecule has 0 N–H and O–H groups in total. The summed E-state index contributed by atoms with van der Waals surface area (Å²) in [5.41, 5.74) is 6.47. The van der Waals surface area contributed by atoms with Crippen molar-refractivity contribution in [1.82, 2.24) is 23.7 Å². The third-order valence-electron chi connectivity index (χ3n) is 7.01. The molecular weight excluding hydrogens is 400 g/mol. The molecule has 0 spiro atoms. The SMILES string of the molecule is CCc1nc(C)cn2cc(-c3cc(=O)n4cc(N5CCN6CCCC6C5)ccc4n3)cc12. The summed E-state index contributed by atoms with van der Waals surface area (Å²) < 4.78 is 3.77. The highest BCUT2D eigenvalue weighted by Gasteiger charge is 2.30. The first-order valence-corrected chi connectivity index (χ1v) is 11.6. The summed E-state index contributed by atoms with van der Waals surface area (Å²) in [7, 11) is 0. The molecule has 2 aliphatic rings. The van der Waals surface area contributed by atoms with Gasteiger partial charge in [-0.15, -0.1) is 0 Å². The van der Waals surface area contributed by atoms with Crippen molar-refractivity contribution in [2.45, 2.75) is 39.2 Å². The fraction of sp³-hybridized carbons (Fsp3) is 0.400. The lowest BCUT2D eigenvalue weighted by atomic mass is 10.1. The lowest BCUT2D eigenvalue weighted by molar-refractivity contribution is 0.231. The zero-order chi connectivity index (χ0) is 21.8. The molecule has 164 valence electrons. The van der Waals surface area contributed by atoms with Crippen molar-refractivity contribution in [3.63, 3.8) is 0 Å². The van der Waals surface area contributed by atoms with E-state index in [1.807, 2.05) is 31.6 Å². The molecule has 7 heteroatoms. The lowest BCUT2D eigenvalue weighted by Crippen LogP contribution is -2.50. The van der Waals surface area contributed by atoms with Crippen LogP contribution in [-0.2, 0) is 6.42 Å². The van der Waals surface area contributed by atoms with Gasteiger partial charge in [0.1, 0.15) is 5.65 Å². The molecule has 1 unspecified atom stereocenters. The maximum Gasteiger partial charge on any atom is 0.258 e. The molecule has 32 heavy (non-hydrogen) atoms. The van der Waals surface area contributed by atoms with Crippen molar-refractivity contribution < 1.29 is 0 Å². The predicted molar refractivity (Wildman–Crippen MR) is 127 cm³/mol. The highest BCUT2D eigenvalue weighted by atomic mass is 16.1. The maximum absolute atomic E-state index is 13.1. The molecule has 6 heterocycles. The molecule has 0 radical (unpaired) electrons. The Bertz CT molecular complexity index is 1390. The van der Waals surface area contributed by atoms with Gasteiger partial charge in [0.2, 0.25) is 0 Å². The topological polar surface area (TPSA) is 58.2 Å². The van der Waals surface area contributed by atoms with E-state index >= 15 is 0 Å². The van der Waals surface area contributed by atoms with Crippen LogP contribution in [0.4, 0.5) is 5.69 Å². The summed E-state index contributed by atoms with van der Waals surface area (Å²) in [6.45, 7) is 8.49. The van der Waals surface area contributed by atoms with Gasteiger partial charge in [0.05, 0.1) is 28.3 Å². The Labute approximate surface area is 186 Å². The van der Waals surface area contributed by atoms with Crippen molar-refractivity contribution in [3.05, 3.63) is 64.6 Å². The van der Waals surface area contributed by atoms with E-state index in [9.17, 15) is 4.79 Å². The number of nitrogens with zero attached hydrogens (tertiary/aromatic N) is 6. The molecule has 2 fully saturated rings. The normalized spacial score (nSPS) is 19.2. The molecule has 4 aromatic rings. The zero-order valence-corrected chi connectivity index (χ0v) is 18.7. The van der Waals surface area contributed by atoms with Crippen molar-refractivity contribution in [3.8, 4) is 11.3 Å². The van der Waals surface area contributed by atoms with E-state index in [4.69, 9.17) is 4.98 Å². The molecule has 6 rings (SSSR count). The minimum absolute atomic E-state index is 0.0494. The lowest BCUT2D eigenvalue weighted by Gasteiger charge is -2.38. The average Bonchev–Trinajstić information content (AvgIpc) is 3.44. The van der Waals surface area contributed by atoms with Gasteiger partial charge in [0.15, 0.2) is 0 Å². The van der Waals surface area contributed by atoms with Gasteiger partial charge in [-0.05, 0) is 50.9 Å². The number of aromatic nitrogens is 4. The first kappa shape index (κ1) is 19.5. The summed E-state index contributed by atoms with van der Waals surface area (Å²) in [6.07, 6.45) is 9.44. The summed E-state index contributed by atoms with van der Waals surface area (Å²) in [4.78, 5) is 27.5. The monoisotopic (exact) mass is 428 g/mol. The van der Waals surface area contributed by atoms with Crippen LogP contribution in [0.2, 0.25) is 0 Å². The third kappa shape index (κ3) is 3.19. The highest BCUT2D eigenvalue weighted by molar-refractivity contribution is 5.70. The summed E-state index contributed by atoms with van der Waals surface area (Å²) >= 11 is 0. The predicted octanol–water partition coefficient (Wildman–Crippen LogP) is 3.16. The molecule has 2 aliphatic heterocycles. The van der Waals surface area contributed by atoms with Crippen LogP contribution < -0.4 is 10.5 Å². The third-order valence-corrected chi connectivity index (χ3v) is 7.01. The average molecular weight is 429 g/mol. The van der Waals surface area contributed by atoms with Crippen LogP contribution in [0.15, 0.2) is 47.7 Å². The molecule has 0 amide bonds. The Kier molecular flexibility index (Phi) is 4.54. The van der Waals surface area contributed by atoms with Crippen molar-refractivity contribution in [2.75, 3.05) is 31.1 Å². The van der Waals surface area contributed by atoms with E-state index in [-0.39, 0.29) is 5.56 Å². The van der Waals surface area contributed by atoms with Crippen molar-refractivity contribution in [2.24, 2.45) is 0 Å². The molecule has 0 aliphatic carbocycles. The smallest absolute Gasteiger partial charge is 0.258 e. The minimum atomic E-state index is -0.0494. The van der Waals surface area contributed by atoms with Crippen LogP contribution in [0, 0.1) is 6.92 Å². The van der Waals surface area contributed by atoms with E-state index in [1.54, 1.807) is 10.5 Å². The van der Waals surface area contributed by atoms with Gasteiger partial charge in [-0.1, -0.05) is 6.92 Å². The Morgan fingerprint density at radius 3 is 2.84 bits per heavy atom. The van der Waals surface area contributed by atoms with Crippen LogP contribution in [0.3, 0.4) is 0 Å². The minimum Gasteiger partial charge on any atom is -0.367 e. The summed E-state index contributed by atoms with van der Waals surface area (Å²) in [5.74, 6) is 0. The van der Waals surface area contributed by atoms with Crippen molar-refractivity contribution in [1.29, 1.82) is 0 Å². The first-order chi connectivity index (χ1) is 15.6. The van der Waals surface area contributed by atoms with Crippen LogP contribution in [0.25, 0.3) is 22.4 Å². The molecule has 0 saturated carbocycles. The van der Waals surface area contributed by atoms with E-state index < -0.39 is 0 Å². The molecule has 7 nitrogen and oxygen atoms in total. The molecule has 1 atom stereocenters. The number of rotatable bonds is 3. The summed E-state index contributed by atoms with van der Waals surface area (Å²) in [5, 5.41) is 0. The van der Waals surface area contributed by atoms with E-state index in [0.29, 0.717) is 17.4 Å². The second kappa shape index (κ2) is 7.45. The van der Waals surface area contributed by atoms with Gasteiger partial charge in [-0.2, -0.15) is 0 Å². The number of aryl methyl sites for hydroxylation is 2. The second-order valence-corrected chi connectivity index (χ2v) is 9.08. The molecule has 0 bridgehead atoms. The van der Waals surface area contributed by atoms with Crippen LogP contribution in [-0.4, -0.2) is 55.9 Å². The number of pyridine rings is 1. The number of fused-ring (bicyclic) bond motifs is 3. The van der Waals surface area contributed by atoms with Gasteiger partial charge in [0, 0.05) is 55.9 Å². The van der Waals surface area contributed by atoms with E-state index in [2.05, 4.69) is 38.2 Å². The first-order valence-electron chi connectivity index (χ1n) is 11.6. The Balaban J connectivity index is 1.37. The Morgan fingerprint density at radius 2 is 1.97 bits per heavy atom. The van der Waals surface area contributed by atoms with Crippen LogP contribution in [0.1, 0.15) is 31.2 Å². The molecule has 2 saturated heterocycles. The fourth-order valence-electron chi connectivity index (χ4n) is 5.37. The highest BCUT2D eigenvalue weighted by Crippen LogP contribution is 2.26. The van der Waals surface area contributed by atoms with Crippen LogP contribution in [0.5, 0.6) is 0 Å². The maximum atomic E-state index is 13.1. The largest absolute Gasteiger partial charge is 0.367 e. The van der Waals surface area contributed by atoms with E-state index in [0.717, 1.165) is 54.2 Å². The summed E-state index contributed by atoms with van der Waals surface area (Å²) in [6, 6.07) is 8.45. The van der Waals surface area contributed by atoms with Gasteiger partial charge in [0.25, 0.3) is 5.56 Å². The van der Waals surface area contributed by atoms with Crippen LogP contribution >= 0.6 is 0 Å². The number of piperazine rings is 1. The van der Waals surface area contributed by atoms with Gasteiger partial charge >= 0.3 is 0 Å². The molecular formula is C25H28N6O.